The molecule has 17 atom stereocenters. The lowest BCUT2D eigenvalue weighted by molar-refractivity contribution is -0.379. The fourth-order valence-electron chi connectivity index (χ4n) is 12.6. The summed E-state index contributed by atoms with van der Waals surface area (Å²) in [5.41, 5.74) is 0. The van der Waals surface area contributed by atoms with Gasteiger partial charge in [0, 0.05) is 6.42 Å². The second-order valence-electron chi connectivity index (χ2n) is 26.7. The number of rotatable bonds is 58. The van der Waals surface area contributed by atoms with Crippen molar-refractivity contribution < 1.29 is 89.4 Å². The van der Waals surface area contributed by atoms with Gasteiger partial charge in [-0.25, -0.2) is 0 Å². The average Bonchev–Trinajstić information content (AvgIpc) is 0.838. The Bertz CT molecular complexity index is 1810. The minimum absolute atomic E-state index is 0.231. The largest absolute Gasteiger partial charge is 0.394 e. The highest BCUT2D eigenvalue weighted by atomic mass is 16.8. The lowest BCUT2D eigenvalue weighted by atomic mass is 9.96. The molecule has 3 aliphatic heterocycles. The minimum atomic E-state index is -1.98. The lowest BCUT2D eigenvalue weighted by Gasteiger charge is -2.48. The summed E-state index contributed by atoms with van der Waals surface area (Å²) in [7, 11) is 0. The van der Waals surface area contributed by atoms with E-state index in [-0.39, 0.29) is 18.9 Å². The highest BCUT2D eigenvalue weighted by Gasteiger charge is 2.53. The van der Waals surface area contributed by atoms with Gasteiger partial charge in [0.25, 0.3) is 0 Å². The van der Waals surface area contributed by atoms with Crippen molar-refractivity contribution in [3.63, 3.8) is 0 Å². The second kappa shape index (κ2) is 55.0. The summed E-state index contributed by atoms with van der Waals surface area (Å²) in [6.07, 6.45) is 38.5. The summed E-state index contributed by atoms with van der Waals surface area (Å²) >= 11 is 0. The van der Waals surface area contributed by atoms with Crippen LogP contribution in [0.25, 0.3) is 0 Å². The molecule has 0 spiro atoms. The summed E-state index contributed by atoms with van der Waals surface area (Å²) in [5, 5.41) is 121. The third kappa shape index (κ3) is 36.0. The number of hydrogen-bond donors (Lipinski definition) is 12. The number of nitrogens with one attached hydrogen (secondary N) is 1. The Kier molecular flexibility index (Phi) is 50.3. The zero-order valence-corrected chi connectivity index (χ0v) is 57.3. The van der Waals surface area contributed by atoms with E-state index < -0.39 is 124 Å². The van der Waals surface area contributed by atoms with Gasteiger partial charge in [-0.15, -0.1) is 0 Å². The molecule has 12 N–H and O–H groups in total. The Morgan fingerprint density at radius 1 is 0.380 bits per heavy atom. The first-order chi connectivity index (χ1) is 44.8. The van der Waals surface area contributed by atoms with Crippen molar-refractivity contribution in [1.82, 2.24) is 5.32 Å². The summed E-state index contributed by atoms with van der Waals surface area (Å²) in [5.74, 6) is -0.287. The number of hydrogen-bond acceptors (Lipinski definition) is 18. The summed E-state index contributed by atoms with van der Waals surface area (Å²) in [6.45, 7) is 1.74. The molecule has 1 amide bonds. The predicted octanol–water partition coefficient (Wildman–Crippen LogP) is 10.8. The molecule has 0 aromatic rings. The Morgan fingerprint density at radius 3 is 1.09 bits per heavy atom. The first kappa shape index (κ1) is 84.2. The fraction of sp³-hybridized carbons (Fsp3) is 0.904. The van der Waals surface area contributed by atoms with Crippen molar-refractivity contribution in [2.24, 2.45) is 0 Å². The van der Waals surface area contributed by atoms with Gasteiger partial charge >= 0.3 is 0 Å². The maximum Gasteiger partial charge on any atom is 0.220 e. The molecule has 0 aliphatic carbocycles. The van der Waals surface area contributed by atoms with E-state index in [0.29, 0.717) is 12.8 Å². The van der Waals surface area contributed by atoms with Crippen LogP contribution in [0.2, 0.25) is 0 Å². The molecule has 540 valence electrons. The van der Waals surface area contributed by atoms with Gasteiger partial charge in [0.2, 0.25) is 5.91 Å². The number of ether oxygens (including phenoxy) is 6. The summed E-state index contributed by atoms with van der Waals surface area (Å²) in [4.78, 5) is 13.4. The molecule has 3 fully saturated rings. The van der Waals surface area contributed by atoms with Crippen LogP contribution >= 0.6 is 0 Å². The third-order valence-electron chi connectivity index (χ3n) is 18.7. The van der Waals surface area contributed by atoms with Gasteiger partial charge in [0.1, 0.15) is 73.2 Å². The molecule has 0 aromatic heterocycles. The van der Waals surface area contributed by atoms with E-state index in [2.05, 4.69) is 43.5 Å². The Morgan fingerprint density at radius 2 is 0.696 bits per heavy atom. The zero-order chi connectivity index (χ0) is 66.8. The van der Waals surface area contributed by atoms with Gasteiger partial charge in [-0.2, -0.15) is 0 Å². The van der Waals surface area contributed by atoms with Gasteiger partial charge in [0.05, 0.1) is 38.6 Å². The Hall–Kier alpha value is -1.99. The molecule has 0 aromatic carbocycles. The average molecular weight is 1310 g/mol. The van der Waals surface area contributed by atoms with Crippen LogP contribution in [0, 0.1) is 0 Å². The molecule has 3 saturated heterocycles. The number of allylic oxidation sites excluding steroid dienone is 5. The third-order valence-corrected chi connectivity index (χ3v) is 18.7. The van der Waals surface area contributed by atoms with Gasteiger partial charge in [-0.3, -0.25) is 4.79 Å². The molecular formula is C73H135NO18. The van der Waals surface area contributed by atoms with E-state index in [0.717, 1.165) is 51.4 Å². The maximum atomic E-state index is 13.4. The van der Waals surface area contributed by atoms with Crippen LogP contribution in [0.15, 0.2) is 36.5 Å². The fourth-order valence-corrected chi connectivity index (χ4v) is 12.6. The monoisotopic (exact) mass is 1310 g/mol. The summed E-state index contributed by atoms with van der Waals surface area (Å²) < 4.78 is 34.4. The van der Waals surface area contributed by atoms with Crippen molar-refractivity contribution in [1.29, 1.82) is 0 Å². The van der Waals surface area contributed by atoms with Gasteiger partial charge in [0.15, 0.2) is 18.9 Å². The second-order valence-corrected chi connectivity index (χ2v) is 26.7. The SMILES string of the molecule is CCCCCCCC/C=C\CCCCCCCCCC(=O)NC(COC1OC(CO)C(OC2OC(CO)C(OC3OC(CO)C(O)C(O)C3O)C(O)C2O)C(O)C1O)C(O)/C=C/CC/C=C/CCCCCCCCCCCCCCCCCCCCCCCCCC. The van der Waals surface area contributed by atoms with Crippen LogP contribution in [0.3, 0.4) is 0 Å². The first-order valence-electron chi connectivity index (χ1n) is 37.2. The van der Waals surface area contributed by atoms with Crippen LogP contribution in [0.4, 0.5) is 0 Å². The van der Waals surface area contributed by atoms with E-state index in [4.69, 9.17) is 28.4 Å². The maximum absolute atomic E-state index is 13.4. The van der Waals surface area contributed by atoms with E-state index in [9.17, 15) is 61.0 Å². The van der Waals surface area contributed by atoms with Crippen LogP contribution < -0.4 is 5.32 Å². The molecule has 3 rings (SSSR count). The molecule has 19 heteroatoms. The number of carbonyl (C=O) groups excluding carboxylic acids is 1. The van der Waals surface area contributed by atoms with Crippen molar-refractivity contribution in [2.75, 3.05) is 26.4 Å². The minimum Gasteiger partial charge on any atom is -0.394 e. The zero-order valence-electron chi connectivity index (χ0n) is 57.3. The molecule has 19 nitrogen and oxygen atoms in total. The lowest BCUT2D eigenvalue weighted by Crippen LogP contribution is -2.66. The summed E-state index contributed by atoms with van der Waals surface area (Å²) in [6, 6.07) is -0.992. The number of amides is 1. The normalized spacial score (nSPS) is 27.9. The predicted molar refractivity (Wildman–Crippen MR) is 360 cm³/mol. The number of aliphatic hydroxyl groups excluding tert-OH is 11. The van der Waals surface area contributed by atoms with Gasteiger partial charge in [-0.1, -0.05) is 262 Å². The van der Waals surface area contributed by atoms with Crippen molar-refractivity contribution >= 4 is 5.91 Å². The van der Waals surface area contributed by atoms with Crippen LogP contribution in [-0.2, 0) is 33.2 Å². The molecule has 0 bridgehead atoms. The number of carbonyl (C=O) groups is 1. The van der Waals surface area contributed by atoms with E-state index in [1.807, 2.05) is 6.08 Å². The van der Waals surface area contributed by atoms with E-state index >= 15 is 0 Å². The van der Waals surface area contributed by atoms with Crippen LogP contribution in [0.5, 0.6) is 0 Å². The van der Waals surface area contributed by atoms with Crippen LogP contribution in [-0.4, -0.2) is 193 Å². The Balaban J connectivity index is 1.41. The highest BCUT2D eigenvalue weighted by Crippen LogP contribution is 2.33. The van der Waals surface area contributed by atoms with Crippen molar-refractivity contribution in [3.05, 3.63) is 36.5 Å². The van der Waals surface area contributed by atoms with Gasteiger partial charge < -0.3 is 89.9 Å². The smallest absolute Gasteiger partial charge is 0.220 e. The van der Waals surface area contributed by atoms with E-state index in [1.165, 1.54) is 205 Å². The van der Waals surface area contributed by atoms with Crippen molar-refractivity contribution in [2.45, 2.75) is 394 Å². The molecule has 3 heterocycles. The molecular weight excluding hydrogens is 1180 g/mol. The van der Waals surface area contributed by atoms with Crippen molar-refractivity contribution in [3.8, 4) is 0 Å². The van der Waals surface area contributed by atoms with E-state index in [1.54, 1.807) is 6.08 Å². The standard InChI is InChI=1S/C73H135NO18/c1-3-5-7-9-11-13-15-17-19-21-22-23-24-25-26-27-28-29-30-31-32-33-35-36-38-40-42-44-46-48-50-57(78)56(74-61(79)51-49-47-45-43-41-39-37-34-20-18-16-14-12-10-8-6-4-2)55-87-71-67(85)64(82)69(59(53-76)89-71)92-73-68(86)65(83)70(60(54-77)90-73)91-72-66(84)63(81)62(80)58(52-75)88-72/h18,20,40,42,48,50,56-60,62-73,75-78,80-86H,3-17,19,21-39,41,43-47,49,51-55H2,1-2H3,(H,74,79)/b20-18-,42-40+,50-48+. The highest BCUT2D eigenvalue weighted by molar-refractivity contribution is 5.76. The topological polar surface area (TPSA) is 307 Å². The molecule has 92 heavy (non-hydrogen) atoms. The molecule has 3 aliphatic rings. The van der Waals surface area contributed by atoms with Crippen LogP contribution in [0.1, 0.15) is 290 Å². The molecule has 0 saturated carbocycles. The van der Waals surface area contributed by atoms with Gasteiger partial charge in [-0.05, 0) is 57.8 Å². The molecule has 17 unspecified atom stereocenters. The number of unbranched alkanes of at least 4 members (excludes halogenated alkanes) is 38. The molecule has 0 radical (unpaired) electrons. The quantitative estimate of drug-likeness (QED) is 0.0199. The number of aliphatic hydroxyl groups is 11. The first-order valence-corrected chi connectivity index (χ1v) is 37.2. The Labute approximate surface area is 555 Å².